The van der Waals surface area contributed by atoms with E-state index < -0.39 is 0 Å². The predicted octanol–water partition coefficient (Wildman–Crippen LogP) is 3.54. The predicted molar refractivity (Wildman–Crippen MR) is 91.9 cm³/mol. The van der Waals surface area contributed by atoms with Gasteiger partial charge in [0.1, 0.15) is 24.7 Å². The van der Waals surface area contributed by atoms with E-state index in [0.29, 0.717) is 24.6 Å². The minimum atomic E-state index is 0.408. The minimum absolute atomic E-state index is 0.408. The maximum atomic E-state index is 8.72. The quantitative estimate of drug-likeness (QED) is 0.352. The highest BCUT2D eigenvalue weighted by atomic mass is 16.5. The number of hydrogen-bond donors (Lipinski definition) is 2. The molecule has 0 atom stereocenters. The molecule has 0 heterocycles. The van der Waals surface area contributed by atoms with Crippen molar-refractivity contribution in [3.63, 3.8) is 0 Å². The third-order valence-corrected chi connectivity index (χ3v) is 3.46. The zero-order chi connectivity index (χ0) is 17.4. The number of ether oxygens (including phenoxy) is 2. The number of benzene rings is 2. The highest BCUT2D eigenvalue weighted by Crippen LogP contribution is 2.14. The van der Waals surface area contributed by atoms with Crippen LogP contribution in [0.5, 0.6) is 11.5 Å². The Morgan fingerprint density at radius 1 is 0.708 bits per heavy atom. The van der Waals surface area contributed by atoms with Gasteiger partial charge in [-0.1, -0.05) is 10.3 Å². The van der Waals surface area contributed by atoms with Crippen molar-refractivity contribution in [2.24, 2.45) is 10.3 Å². The summed E-state index contributed by atoms with van der Waals surface area (Å²) in [5, 5.41) is 23.8. The second-order valence-electron chi connectivity index (χ2n) is 5.12. The lowest BCUT2D eigenvalue weighted by Gasteiger charge is -2.09. The largest absolute Gasteiger partial charge is 0.490 e. The van der Waals surface area contributed by atoms with E-state index in [1.165, 1.54) is 0 Å². The van der Waals surface area contributed by atoms with Crippen molar-refractivity contribution in [3.05, 3.63) is 59.7 Å². The first-order chi connectivity index (χ1) is 11.6. The maximum Gasteiger partial charge on any atom is 0.122 e. The van der Waals surface area contributed by atoms with Crippen LogP contribution in [0.4, 0.5) is 0 Å². The zero-order valence-electron chi connectivity index (χ0n) is 13.6. The zero-order valence-corrected chi connectivity index (χ0v) is 13.6. The summed E-state index contributed by atoms with van der Waals surface area (Å²) in [6.07, 6.45) is 0. The van der Waals surface area contributed by atoms with Crippen molar-refractivity contribution in [1.82, 2.24) is 0 Å². The van der Waals surface area contributed by atoms with Crippen LogP contribution in [0, 0.1) is 0 Å². The molecule has 126 valence electrons. The molecule has 0 spiro atoms. The van der Waals surface area contributed by atoms with Crippen molar-refractivity contribution in [3.8, 4) is 11.5 Å². The van der Waals surface area contributed by atoms with Crippen molar-refractivity contribution < 1.29 is 19.9 Å². The molecule has 0 aliphatic heterocycles. The molecule has 2 aromatic rings. The van der Waals surface area contributed by atoms with Gasteiger partial charge in [0, 0.05) is 0 Å². The van der Waals surface area contributed by atoms with E-state index >= 15 is 0 Å². The van der Waals surface area contributed by atoms with Gasteiger partial charge in [0.05, 0.1) is 11.4 Å². The number of nitrogens with zero attached hydrogens (tertiary/aromatic N) is 2. The molecule has 6 nitrogen and oxygen atoms in total. The van der Waals surface area contributed by atoms with Crippen LogP contribution in [0.15, 0.2) is 58.8 Å². The molecule has 2 aromatic carbocycles. The molecule has 0 saturated heterocycles. The van der Waals surface area contributed by atoms with Crippen LogP contribution >= 0.6 is 0 Å². The summed E-state index contributed by atoms with van der Waals surface area (Å²) in [5.41, 5.74) is 2.77. The van der Waals surface area contributed by atoms with Crippen molar-refractivity contribution >= 4 is 11.4 Å². The molecule has 0 fully saturated rings. The van der Waals surface area contributed by atoms with Gasteiger partial charge >= 0.3 is 0 Å². The molecule has 24 heavy (non-hydrogen) atoms. The van der Waals surface area contributed by atoms with Crippen LogP contribution in [-0.2, 0) is 0 Å². The second-order valence-corrected chi connectivity index (χ2v) is 5.12. The van der Waals surface area contributed by atoms with E-state index in [1.807, 2.05) is 48.5 Å². The van der Waals surface area contributed by atoms with Gasteiger partial charge in [-0.05, 0) is 73.5 Å². The van der Waals surface area contributed by atoms with Gasteiger partial charge in [0.15, 0.2) is 0 Å². The normalized spacial score (nSPS) is 12.1. The molecule has 2 N–H and O–H groups in total. The van der Waals surface area contributed by atoms with Crippen LogP contribution in [0.2, 0.25) is 0 Å². The van der Waals surface area contributed by atoms with Gasteiger partial charge in [-0.3, -0.25) is 0 Å². The smallest absolute Gasteiger partial charge is 0.122 e. The van der Waals surface area contributed by atoms with Gasteiger partial charge in [-0.2, -0.15) is 0 Å². The molecule has 2 rings (SSSR count). The molecular weight excluding hydrogens is 308 g/mol. The van der Waals surface area contributed by atoms with Gasteiger partial charge in [0.2, 0.25) is 0 Å². The van der Waals surface area contributed by atoms with Crippen LogP contribution in [0.3, 0.4) is 0 Å². The van der Waals surface area contributed by atoms with Gasteiger partial charge in [0.25, 0.3) is 0 Å². The highest BCUT2D eigenvalue weighted by molar-refractivity contribution is 5.98. The third-order valence-electron chi connectivity index (χ3n) is 3.46. The number of oxime groups is 2. The molecule has 0 saturated carbocycles. The van der Waals surface area contributed by atoms with E-state index in [1.54, 1.807) is 13.8 Å². The van der Waals surface area contributed by atoms with Gasteiger partial charge in [-0.25, -0.2) is 0 Å². The first kappa shape index (κ1) is 17.3. The highest BCUT2D eigenvalue weighted by Gasteiger charge is 2.01. The second kappa shape index (κ2) is 8.57. The van der Waals surface area contributed by atoms with E-state index in [2.05, 4.69) is 10.3 Å². The first-order valence-electron chi connectivity index (χ1n) is 7.48. The number of hydrogen-bond acceptors (Lipinski definition) is 6. The van der Waals surface area contributed by atoms with Crippen molar-refractivity contribution in [2.45, 2.75) is 13.8 Å². The Kier molecular flexibility index (Phi) is 6.19. The molecule has 0 aliphatic carbocycles. The Morgan fingerprint density at radius 3 is 1.33 bits per heavy atom. The lowest BCUT2D eigenvalue weighted by Crippen LogP contribution is -2.09. The Bertz CT molecular complexity index is 643. The van der Waals surface area contributed by atoms with Gasteiger partial charge in [-0.15, -0.1) is 0 Å². The van der Waals surface area contributed by atoms with E-state index in [0.717, 1.165) is 22.6 Å². The van der Waals surface area contributed by atoms with Crippen LogP contribution in [0.25, 0.3) is 0 Å². The Morgan fingerprint density at radius 2 is 1.04 bits per heavy atom. The molecule has 0 amide bonds. The van der Waals surface area contributed by atoms with Gasteiger partial charge < -0.3 is 19.9 Å². The maximum absolute atomic E-state index is 8.72. The molecule has 0 bridgehead atoms. The fraction of sp³-hybridized carbons (Fsp3) is 0.222. The van der Waals surface area contributed by atoms with Crippen LogP contribution in [0.1, 0.15) is 25.0 Å². The van der Waals surface area contributed by atoms with E-state index in [4.69, 9.17) is 19.9 Å². The molecule has 6 heteroatoms. The SMILES string of the molecule is C/C(=N/O)c1ccc(OCCOc2ccc(/C(C)=N/O)cc2)cc1. The van der Waals surface area contributed by atoms with Crippen LogP contribution < -0.4 is 9.47 Å². The summed E-state index contributed by atoms with van der Waals surface area (Å²) in [6.45, 7) is 4.27. The van der Waals surface area contributed by atoms with E-state index in [-0.39, 0.29) is 0 Å². The fourth-order valence-corrected chi connectivity index (χ4v) is 2.02. The van der Waals surface area contributed by atoms with Crippen molar-refractivity contribution in [2.75, 3.05) is 13.2 Å². The summed E-state index contributed by atoms with van der Waals surface area (Å²) >= 11 is 0. The molecular formula is C18H20N2O4. The van der Waals surface area contributed by atoms with Crippen LogP contribution in [-0.4, -0.2) is 35.1 Å². The summed E-state index contributed by atoms with van der Waals surface area (Å²) < 4.78 is 11.2. The Labute approximate surface area is 140 Å². The molecule has 0 aromatic heterocycles. The Hall–Kier alpha value is -3.02. The minimum Gasteiger partial charge on any atom is -0.490 e. The summed E-state index contributed by atoms with van der Waals surface area (Å²) in [6, 6.07) is 14.6. The molecule has 0 radical (unpaired) electrons. The average molecular weight is 328 g/mol. The topological polar surface area (TPSA) is 83.6 Å². The number of rotatable bonds is 7. The van der Waals surface area contributed by atoms with Crippen molar-refractivity contribution in [1.29, 1.82) is 0 Å². The first-order valence-corrected chi connectivity index (χ1v) is 7.48. The van der Waals surface area contributed by atoms with E-state index in [9.17, 15) is 0 Å². The molecule has 0 aliphatic rings. The monoisotopic (exact) mass is 328 g/mol. The fourth-order valence-electron chi connectivity index (χ4n) is 2.02. The Balaban J connectivity index is 1.78. The summed E-state index contributed by atoms with van der Waals surface area (Å²) in [4.78, 5) is 0. The average Bonchev–Trinajstić information content (AvgIpc) is 2.65. The third kappa shape index (κ3) is 4.74. The lowest BCUT2D eigenvalue weighted by atomic mass is 10.1. The standard InChI is InChI=1S/C18H20N2O4/c1-13(19-21)15-3-7-17(8-4-15)23-11-12-24-18-9-5-16(6-10-18)14(2)20-22/h3-10,21-22H,11-12H2,1-2H3/b19-13-,20-14+. The lowest BCUT2D eigenvalue weighted by molar-refractivity contribution is 0.217. The molecule has 0 unspecified atom stereocenters. The summed E-state index contributed by atoms with van der Waals surface area (Å²) in [5.74, 6) is 1.44. The summed E-state index contributed by atoms with van der Waals surface area (Å²) in [7, 11) is 0.